The number of methoxy groups -OCH3 is 1. The smallest absolute Gasteiger partial charge is 0.240 e. The van der Waals surface area contributed by atoms with Crippen molar-refractivity contribution in [3.8, 4) is 5.75 Å². The van der Waals surface area contributed by atoms with E-state index in [1.54, 1.807) is 6.92 Å². The zero-order chi connectivity index (χ0) is 20.6. The lowest BCUT2D eigenvalue weighted by atomic mass is 10.3. The SMILES string of the molecule is COCC(C)NS(=O)(=O)c1ccc(NC(=O)CCOc2ccc(F)cc2)cc1. The lowest BCUT2D eigenvalue weighted by Gasteiger charge is -2.13. The lowest BCUT2D eigenvalue weighted by molar-refractivity contribution is -0.116. The third-order valence-corrected chi connectivity index (χ3v) is 5.24. The van der Waals surface area contributed by atoms with Crippen molar-refractivity contribution < 1.29 is 27.1 Å². The molecule has 0 aliphatic heterocycles. The van der Waals surface area contributed by atoms with Crippen LogP contribution in [0, 0.1) is 5.82 Å². The minimum atomic E-state index is -3.66. The number of carbonyl (C=O) groups is 1. The molecule has 7 nitrogen and oxygen atoms in total. The first kappa shape index (κ1) is 21.8. The fraction of sp³-hybridized carbons (Fsp3) is 0.316. The molecule has 1 unspecified atom stereocenters. The van der Waals surface area contributed by atoms with Gasteiger partial charge in [0.25, 0.3) is 0 Å². The van der Waals surface area contributed by atoms with Gasteiger partial charge < -0.3 is 14.8 Å². The molecule has 1 amide bonds. The number of hydrogen-bond donors (Lipinski definition) is 2. The van der Waals surface area contributed by atoms with Crippen LogP contribution in [0.15, 0.2) is 53.4 Å². The quantitative estimate of drug-likeness (QED) is 0.628. The predicted molar refractivity (Wildman–Crippen MR) is 103 cm³/mol. The van der Waals surface area contributed by atoms with Crippen molar-refractivity contribution in [2.24, 2.45) is 0 Å². The van der Waals surface area contributed by atoms with Gasteiger partial charge >= 0.3 is 0 Å². The van der Waals surface area contributed by atoms with Crippen molar-refractivity contribution in [1.29, 1.82) is 0 Å². The van der Waals surface area contributed by atoms with Crippen LogP contribution in [0.2, 0.25) is 0 Å². The zero-order valence-corrected chi connectivity index (χ0v) is 16.5. The van der Waals surface area contributed by atoms with E-state index < -0.39 is 10.0 Å². The summed E-state index contributed by atoms with van der Waals surface area (Å²) in [6, 6.07) is 11.0. The molecule has 152 valence electrons. The van der Waals surface area contributed by atoms with E-state index in [4.69, 9.17) is 9.47 Å². The normalized spacial score (nSPS) is 12.4. The Bertz CT molecular complexity index is 870. The van der Waals surface area contributed by atoms with Crippen molar-refractivity contribution in [1.82, 2.24) is 4.72 Å². The Hall–Kier alpha value is -2.49. The highest BCUT2D eigenvalue weighted by Crippen LogP contribution is 2.15. The van der Waals surface area contributed by atoms with Crippen LogP contribution < -0.4 is 14.8 Å². The van der Waals surface area contributed by atoms with Crippen LogP contribution in [0.5, 0.6) is 5.75 Å². The number of sulfonamides is 1. The molecule has 0 aliphatic rings. The minimum absolute atomic E-state index is 0.0908. The van der Waals surface area contributed by atoms with Gasteiger partial charge in [0.15, 0.2) is 0 Å². The van der Waals surface area contributed by atoms with Gasteiger partial charge in [0, 0.05) is 18.8 Å². The van der Waals surface area contributed by atoms with Crippen molar-refractivity contribution in [3.05, 3.63) is 54.3 Å². The number of carbonyl (C=O) groups excluding carboxylic acids is 1. The molecule has 0 saturated heterocycles. The van der Waals surface area contributed by atoms with Crippen LogP contribution in [0.4, 0.5) is 10.1 Å². The standard InChI is InChI=1S/C19H23FN2O5S/c1-14(13-26-2)22-28(24,25)18-9-5-16(6-10-18)21-19(23)11-12-27-17-7-3-15(20)4-8-17/h3-10,14,22H,11-13H2,1-2H3,(H,21,23). The van der Waals surface area contributed by atoms with Gasteiger partial charge in [-0.2, -0.15) is 0 Å². The first-order valence-electron chi connectivity index (χ1n) is 8.59. The topological polar surface area (TPSA) is 93.7 Å². The predicted octanol–water partition coefficient (Wildman–Crippen LogP) is 2.55. The molecule has 0 spiro atoms. The van der Waals surface area contributed by atoms with Gasteiger partial charge in [0.2, 0.25) is 15.9 Å². The molecule has 28 heavy (non-hydrogen) atoms. The summed E-state index contributed by atoms with van der Waals surface area (Å²) in [6.45, 7) is 2.09. The van der Waals surface area contributed by atoms with Gasteiger partial charge in [-0.25, -0.2) is 17.5 Å². The fourth-order valence-corrected chi connectivity index (χ4v) is 3.58. The van der Waals surface area contributed by atoms with Crippen molar-refractivity contribution in [2.45, 2.75) is 24.3 Å². The van der Waals surface area contributed by atoms with Gasteiger partial charge in [0.1, 0.15) is 11.6 Å². The van der Waals surface area contributed by atoms with Gasteiger partial charge in [-0.15, -0.1) is 0 Å². The average Bonchev–Trinajstić information content (AvgIpc) is 2.63. The first-order valence-corrected chi connectivity index (χ1v) is 10.1. The van der Waals surface area contributed by atoms with Gasteiger partial charge in [-0.1, -0.05) is 0 Å². The molecule has 2 aromatic carbocycles. The molecule has 0 radical (unpaired) electrons. The molecule has 2 aromatic rings. The first-order chi connectivity index (χ1) is 13.3. The Morgan fingerprint density at radius 3 is 2.36 bits per heavy atom. The number of hydrogen-bond acceptors (Lipinski definition) is 5. The monoisotopic (exact) mass is 410 g/mol. The Morgan fingerprint density at radius 2 is 1.75 bits per heavy atom. The minimum Gasteiger partial charge on any atom is -0.493 e. The van der Waals surface area contributed by atoms with Crippen molar-refractivity contribution in [3.63, 3.8) is 0 Å². The molecular weight excluding hydrogens is 387 g/mol. The van der Waals surface area contributed by atoms with E-state index in [-0.39, 0.29) is 42.3 Å². The third kappa shape index (κ3) is 6.91. The number of benzene rings is 2. The second-order valence-electron chi connectivity index (χ2n) is 6.10. The van der Waals surface area contributed by atoms with E-state index in [2.05, 4.69) is 10.0 Å². The molecule has 9 heteroatoms. The summed E-state index contributed by atoms with van der Waals surface area (Å²) in [4.78, 5) is 12.1. The fourth-order valence-electron chi connectivity index (χ4n) is 2.35. The van der Waals surface area contributed by atoms with Crippen LogP contribution in [0.25, 0.3) is 0 Å². The van der Waals surface area contributed by atoms with Gasteiger partial charge in [-0.05, 0) is 55.5 Å². The van der Waals surface area contributed by atoms with Crippen LogP contribution in [0.3, 0.4) is 0 Å². The maximum atomic E-state index is 12.8. The highest BCUT2D eigenvalue weighted by Gasteiger charge is 2.17. The number of nitrogens with one attached hydrogen (secondary N) is 2. The summed E-state index contributed by atoms with van der Waals surface area (Å²) >= 11 is 0. The van der Waals surface area contributed by atoms with Crippen molar-refractivity contribution >= 4 is 21.6 Å². The Morgan fingerprint density at radius 1 is 1.11 bits per heavy atom. The molecule has 1 atom stereocenters. The Labute approximate surface area is 163 Å². The third-order valence-electron chi connectivity index (χ3n) is 3.63. The molecule has 2 rings (SSSR count). The van der Waals surface area contributed by atoms with Gasteiger partial charge in [-0.3, -0.25) is 4.79 Å². The van der Waals surface area contributed by atoms with E-state index in [1.165, 1.54) is 55.6 Å². The maximum absolute atomic E-state index is 12.8. The molecule has 0 saturated carbocycles. The molecule has 0 aromatic heterocycles. The maximum Gasteiger partial charge on any atom is 0.240 e. The number of rotatable bonds is 10. The van der Waals surface area contributed by atoms with Crippen LogP contribution >= 0.6 is 0 Å². The second kappa shape index (κ2) is 10.2. The van der Waals surface area contributed by atoms with E-state index in [0.29, 0.717) is 11.4 Å². The van der Waals surface area contributed by atoms with Crippen LogP contribution in [0.1, 0.15) is 13.3 Å². The Kier molecular flexibility index (Phi) is 7.91. The Balaban J connectivity index is 1.84. The molecule has 0 bridgehead atoms. The van der Waals surface area contributed by atoms with E-state index in [0.717, 1.165) is 0 Å². The number of halogens is 1. The molecular formula is C19H23FN2O5S. The van der Waals surface area contributed by atoms with E-state index in [9.17, 15) is 17.6 Å². The number of amides is 1. The van der Waals surface area contributed by atoms with E-state index >= 15 is 0 Å². The van der Waals surface area contributed by atoms with Crippen molar-refractivity contribution in [2.75, 3.05) is 25.6 Å². The highest BCUT2D eigenvalue weighted by molar-refractivity contribution is 7.89. The largest absolute Gasteiger partial charge is 0.493 e. The van der Waals surface area contributed by atoms with Crippen LogP contribution in [-0.2, 0) is 19.6 Å². The number of ether oxygens (including phenoxy) is 2. The zero-order valence-electron chi connectivity index (χ0n) is 15.6. The second-order valence-corrected chi connectivity index (χ2v) is 7.82. The summed E-state index contributed by atoms with van der Waals surface area (Å²) in [5.41, 5.74) is 0.468. The molecule has 2 N–H and O–H groups in total. The summed E-state index contributed by atoms with van der Waals surface area (Å²) in [7, 11) is -2.17. The molecule has 0 fully saturated rings. The average molecular weight is 410 g/mol. The summed E-state index contributed by atoms with van der Waals surface area (Å²) in [6.07, 6.45) is 0.0908. The molecule has 0 aliphatic carbocycles. The summed E-state index contributed by atoms with van der Waals surface area (Å²) < 4.78 is 50.1. The lowest BCUT2D eigenvalue weighted by Crippen LogP contribution is -2.35. The summed E-state index contributed by atoms with van der Waals surface area (Å²) in [5.74, 6) is -0.178. The molecule has 0 heterocycles. The van der Waals surface area contributed by atoms with Gasteiger partial charge in [0.05, 0.1) is 24.5 Å². The number of anilines is 1. The van der Waals surface area contributed by atoms with Crippen LogP contribution in [-0.4, -0.2) is 40.7 Å². The summed E-state index contributed by atoms with van der Waals surface area (Å²) in [5, 5.41) is 2.66. The van der Waals surface area contributed by atoms with E-state index in [1.807, 2.05) is 0 Å². The highest BCUT2D eigenvalue weighted by atomic mass is 32.2.